The fourth-order valence-corrected chi connectivity index (χ4v) is 2.46. The number of hydrogen-bond acceptors (Lipinski definition) is 4. The van der Waals surface area contributed by atoms with Gasteiger partial charge >= 0.3 is 0 Å². The van der Waals surface area contributed by atoms with E-state index in [1.807, 2.05) is 7.05 Å². The molecule has 0 amide bonds. The van der Waals surface area contributed by atoms with Gasteiger partial charge in [-0.05, 0) is 45.4 Å². The molecule has 96 valence electrons. The van der Waals surface area contributed by atoms with E-state index in [1.165, 1.54) is 32.5 Å². The molecule has 1 aliphatic heterocycles. The number of nitrogens with zero attached hydrogens (tertiary/aromatic N) is 2. The molecule has 1 aliphatic rings. The predicted octanol–water partition coefficient (Wildman–Crippen LogP) is 1.67. The first-order chi connectivity index (χ1) is 8.31. The smallest absolute Gasteiger partial charge is 0.194 e. The van der Waals surface area contributed by atoms with Gasteiger partial charge in [0.05, 0.1) is 5.69 Å². The van der Waals surface area contributed by atoms with Crippen molar-refractivity contribution in [2.45, 2.75) is 32.7 Å². The summed E-state index contributed by atoms with van der Waals surface area (Å²) in [5, 5.41) is 3.09. The molecule has 4 heteroatoms. The van der Waals surface area contributed by atoms with Gasteiger partial charge < -0.3 is 14.6 Å². The van der Waals surface area contributed by atoms with Crippen LogP contribution in [0.4, 0.5) is 0 Å². The van der Waals surface area contributed by atoms with Gasteiger partial charge in [-0.1, -0.05) is 6.92 Å². The third kappa shape index (κ3) is 3.54. The van der Waals surface area contributed by atoms with Crippen LogP contribution in [0.2, 0.25) is 0 Å². The maximum absolute atomic E-state index is 5.51. The molecule has 0 radical (unpaired) electrons. The van der Waals surface area contributed by atoms with Gasteiger partial charge in [-0.3, -0.25) is 0 Å². The highest BCUT2D eigenvalue weighted by Gasteiger charge is 2.20. The molecule has 1 aromatic rings. The van der Waals surface area contributed by atoms with Crippen LogP contribution < -0.4 is 5.32 Å². The first-order valence-corrected chi connectivity index (χ1v) is 6.62. The van der Waals surface area contributed by atoms with Crippen molar-refractivity contribution in [1.82, 2.24) is 15.2 Å². The van der Waals surface area contributed by atoms with Crippen molar-refractivity contribution in [3.63, 3.8) is 0 Å². The van der Waals surface area contributed by atoms with E-state index in [-0.39, 0.29) is 0 Å². The molecule has 0 aromatic carbocycles. The van der Waals surface area contributed by atoms with Gasteiger partial charge in [0, 0.05) is 13.0 Å². The molecule has 1 saturated heterocycles. The summed E-state index contributed by atoms with van der Waals surface area (Å²) >= 11 is 0. The highest BCUT2D eigenvalue weighted by atomic mass is 16.3. The van der Waals surface area contributed by atoms with E-state index >= 15 is 0 Å². The van der Waals surface area contributed by atoms with E-state index in [1.54, 1.807) is 6.26 Å². The molecule has 0 atom stereocenters. The molecule has 0 bridgehead atoms. The van der Waals surface area contributed by atoms with Gasteiger partial charge in [-0.25, -0.2) is 4.98 Å². The maximum atomic E-state index is 5.51. The third-order valence-electron chi connectivity index (χ3n) is 3.57. The van der Waals surface area contributed by atoms with E-state index in [2.05, 4.69) is 22.1 Å². The minimum Gasteiger partial charge on any atom is -0.449 e. The lowest BCUT2D eigenvalue weighted by molar-refractivity contribution is 0.187. The van der Waals surface area contributed by atoms with Crippen molar-refractivity contribution in [1.29, 1.82) is 0 Å². The third-order valence-corrected chi connectivity index (χ3v) is 3.57. The molecule has 1 fully saturated rings. The summed E-state index contributed by atoms with van der Waals surface area (Å²) in [6.45, 7) is 6.66. The quantitative estimate of drug-likeness (QED) is 0.846. The Morgan fingerprint density at radius 1 is 1.47 bits per heavy atom. The summed E-state index contributed by atoms with van der Waals surface area (Å²) in [4.78, 5) is 7.00. The number of nitrogens with one attached hydrogen (secondary N) is 1. The van der Waals surface area contributed by atoms with Gasteiger partial charge in [0.15, 0.2) is 5.89 Å². The Morgan fingerprint density at radius 2 is 2.24 bits per heavy atom. The molecule has 1 N–H and O–H groups in total. The fourth-order valence-electron chi connectivity index (χ4n) is 2.46. The van der Waals surface area contributed by atoms with Crippen molar-refractivity contribution < 1.29 is 4.42 Å². The van der Waals surface area contributed by atoms with Crippen LogP contribution >= 0.6 is 0 Å². The molecule has 0 spiro atoms. The molecule has 0 unspecified atom stereocenters. The summed E-state index contributed by atoms with van der Waals surface area (Å²) in [5.41, 5.74) is 1.01. The Morgan fingerprint density at radius 3 is 2.88 bits per heavy atom. The minimum absolute atomic E-state index is 0.749. The first-order valence-electron chi connectivity index (χ1n) is 6.62. The minimum atomic E-state index is 0.749. The van der Waals surface area contributed by atoms with Crippen LogP contribution in [0.25, 0.3) is 0 Å². The van der Waals surface area contributed by atoms with Gasteiger partial charge in [-0.2, -0.15) is 0 Å². The Balaban J connectivity index is 1.80. The van der Waals surface area contributed by atoms with Gasteiger partial charge in [0.1, 0.15) is 6.26 Å². The SMILES string of the molecule is CCN1CCC(Cc2nc(CNC)co2)CC1. The van der Waals surface area contributed by atoms with Crippen molar-refractivity contribution in [3.8, 4) is 0 Å². The molecule has 0 aliphatic carbocycles. The average Bonchev–Trinajstić information content (AvgIpc) is 2.78. The number of likely N-dealkylation sites (tertiary alicyclic amines) is 1. The molecule has 17 heavy (non-hydrogen) atoms. The molecule has 1 aromatic heterocycles. The largest absolute Gasteiger partial charge is 0.449 e. The topological polar surface area (TPSA) is 41.3 Å². The van der Waals surface area contributed by atoms with Gasteiger partial charge in [-0.15, -0.1) is 0 Å². The Bertz CT molecular complexity index is 329. The summed E-state index contributed by atoms with van der Waals surface area (Å²) in [6, 6.07) is 0. The second-order valence-electron chi connectivity index (χ2n) is 4.84. The lowest BCUT2D eigenvalue weighted by Gasteiger charge is -2.30. The molecule has 4 nitrogen and oxygen atoms in total. The van der Waals surface area contributed by atoms with Crippen molar-refractivity contribution in [2.75, 3.05) is 26.7 Å². The molecule has 2 heterocycles. The summed E-state index contributed by atoms with van der Waals surface area (Å²) in [6.07, 6.45) is 5.32. The van der Waals surface area contributed by atoms with Crippen LogP contribution in [0, 0.1) is 5.92 Å². The zero-order valence-corrected chi connectivity index (χ0v) is 10.9. The van der Waals surface area contributed by atoms with Crippen molar-refractivity contribution >= 4 is 0 Å². The summed E-state index contributed by atoms with van der Waals surface area (Å²) in [5.74, 6) is 1.66. The summed E-state index contributed by atoms with van der Waals surface area (Å²) in [7, 11) is 1.93. The number of aromatic nitrogens is 1. The van der Waals surface area contributed by atoms with E-state index < -0.39 is 0 Å². The molecule has 0 saturated carbocycles. The fraction of sp³-hybridized carbons (Fsp3) is 0.769. The number of rotatable bonds is 5. The van der Waals surface area contributed by atoms with E-state index in [9.17, 15) is 0 Å². The normalized spacial score (nSPS) is 18.7. The van der Waals surface area contributed by atoms with Crippen molar-refractivity contribution in [2.24, 2.45) is 5.92 Å². The average molecular weight is 237 g/mol. The molecular formula is C13H23N3O. The van der Waals surface area contributed by atoms with Crippen LogP contribution in [0.15, 0.2) is 10.7 Å². The van der Waals surface area contributed by atoms with Gasteiger partial charge in [0.2, 0.25) is 0 Å². The standard InChI is InChI=1S/C13H23N3O/c1-3-16-6-4-11(5-7-16)8-13-15-12(9-14-2)10-17-13/h10-11,14H,3-9H2,1-2H3. The maximum Gasteiger partial charge on any atom is 0.194 e. The Labute approximate surface area is 103 Å². The van der Waals surface area contributed by atoms with Crippen LogP contribution in [-0.2, 0) is 13.0 Å². The zero-order valence-electron chi connectivity index (χ0n) is 10.9. The predicted molar refractivity (Wildman–Crippen MR) is 67.8 cm³/mol. The number of hydrogen-bond donors (Lipinski definition) is 1. The second kappa shape index (κ2) is 6.17. The van der Waals surface area contributed by atoms with Crippen LogP contribution in [0.1, 0.15) is 31.4 Å². The summed E-state index contributed by atoms with van der Waals surface area (Å²) < 4.78 is 5.51. The second-order valence-corrected chi connectivity index (χ2v) is 4.84. The Kier molecular flexibility index (Phi) is 4.57. The van der Waals surface area contributed by atoms with Gasteiger partial charge in [0.25, 0.3) is 0 Å². The molecular weight excluding hydrogens is 214 g/mol. The highest BCUT2D eigenvalue weighted by molar-refractivity contribution is 4.97. The number of oxazole rings is 1. The lowest BCUT2D eigenvalue weighted by Crippen LogP contribution is -2.34. The van der Waals surface area contributed by atoms with E-state index in [0.717, 1.165) is 30.5 Å². The van der Waals surface area contributed by atoms with E-state index in [4.69, 9.17) is 4.42 Å². The molecule has 2 rings (SSSR count). The lowest BCUT2D eigenvalue weighted by atomic mass is 9.93. The highest BCUT2D eigenvalue weighted by Crippen LogP contribution is 2.21. The first kappa shape index (κ1) is 12.6. The van der Waals surface area contributed by atoms with Crippen molar-refractivity contribution in [3.05, 3.63) is 17.8 Å². The van der Waals surface area contributed by atoms with E-state index in [0.29, 0.717) is 0 Å². The van der Waals surface area contributed by atoms with Crippen LogP contribution in [0.3, 0.4) is 0 Å². The Hall–Kier alpha value is -0.870. The van der Waals surface area contributed by atoms with Crippen LogP contribution in [-0.4, -0.2) is 36.6 Å². The van der Waals surface area contributed by atoms with Crippen LogP contribution in [0.5, 0.6) is 0 Å². The monoisotopic (exact) mass is 237 g/mol. The number of piperidine rings is 1. The zero-order chi connectivity index (χ0) is 12.1.